The number of anilines is 1. The molecule has 124 valence electrons. The maximum atomic E-state index is 5.97. The molecule has 0 aromatic heterocycles. The minimum Gasteiger partial charge on any atom is -0.496 e. The normalized spacial score (nSPS) is 10.8. The Balaban J connectivity index is 0.00000264. The second kappa shape index (κ2) is 10.1. The molecule has 0 saturated heterocycles. The molecule has 0 amide bonds. The first-order chi connectivity index (χ1) is 10.7. The highest BCUT2D eigenvalue weighted by atomic mass is 127. The van der Waals surface area contributed by atoms with Gasteiger partial charge in [0.1, 0.15) is 5.75 Å². The fraction of sp³-hybridized carbons (Fsp3) is 0.235. The Bertz CT molecular complexity index is 647. The van der Waals surface area contributed by atoms with Crippen molar-refractivity contribution in [2.24, 2.45) is 10.7 Å². The summed E-state index contributed by atoms with van der Waals surface area (Å²) in [5.41, 5.74) is 8.88. The number of para-hydroxylation sites is 2. The summed E-state index contributed by atoms with van der Waals surface area (Å²) in [6, 6.07) is 15.6. The van der Waals surface area contributed by atoms with Crippen molar-refractivity contribution in [1.82, 2.24) is 0 Å². The summed E-state index contributed by atoms with van der Waals surface area (Å²) < 4.78 is 10.5. The summed E-state index contributed by atoms with van der Waals surface area (Å²) in [4.78, 5) is 4.36. The Kier molecular flexibility index (Phi) is 8.42. The van der Waals surface area contributed by atoms with Gasteiger partial charge in [0, 0.05) is 23.9 Å². The van der Waals surface area contributed by atoms with Gasteiger partial charge in [-0.15, -0.1) is 24.0 Å². The molecule has 0 atom stereocenters. The van der Waals surface area contributed by atoms with E-state index in [4.69, 9.17) is 15.2 Å². The summed E-state index contributed by atoms with van der Waals surface area (Å²) in [5, 5.41) is 3.11. The van der Waals surface area contributed by atoms with Gasteiger partial charge in [-0.05, 0) is 12.1 Å². The van der Waals surface area contributed by atoms with Crippen LogP contribution in [0.1, 0.15) is 11.1 Å². The molecular weight excluding hydrogens is 405 g/mol. The Morgan fingerprint density at radius 3 is 2.39 bits per heavy atom. The van der Waals surface area contributed by atoms with Crippen LogP contribution in [0.15, 0.2) is 53.5 Å². The average molecular weight is 427 g/mol. The first-order valence-electron chi connectivity index (χ1n) is 7.00. The average Bonchev–Trinajstić information content (AvgIpc) is 2.55. The van der Waals surface area contributed by atoms with Crippen LogP contribution >= 0.6 is 24.0 Å². The van der Waals surface area contributed by atoms with Gasteiger partial charge in [0.2, 0.25) is 0 Å². The molecule has 6 heteroatoms. The Morgan fingerprint density at radius 1 is 1.04 bits per heavy atom. The second-order valence-corrected chi connectivity index (χ2v) is 4.73. The monoisotopic (exact) mass is 427 g/mol. The van der Waals surface area contributed by atoms with Crippen LogP contribution in [0.3, 0.4) is 0 Å². The third-order valence-corrected chi connectivity index (χ3v) is 3.19. The Hall–Kier alpha value is -1.80. The summed E-state index contributed by atoms with van der Waals surface area (Å²) in [6.45, 7) is 0.970. The van der Waals surface area contributed by atoms with Gasteiger partial charge < -0.3 is 20.5 Å². The number of benzene rings is 2. The maximum absolute atomic E-state index is 5.97. The molecule has 2 rings (SSSR count). The van der Waals surface area contributed by atoms with Crippen LogP contribution in [-0.2, 0) is 17.9 Å². The van der Waals surface area contributed by atoms with E-state index >= 15 is 0 Å². The third-order valence-electron chi connectivity index (χ3n) is 3.19. The fourth-order valence-corrected chi connectivity index (χ4v) is 2.11. The molecule has 0 saturated carbocycles. The van der Waals surface area contributed by atoms with Crippen molar-refractivity contribution < 1.29 is 9.47 Å². The lowest BCUT2D eigenvalue weighted by Crippen LogP contribution is -2.23. The van der Waals surface area contributed by atoms with Crippen molar-refractivity contribution in [2.45, 2.75) is 13.2 Å². The number of halogens is 1. The number of guanidine groups is 1. The van der Waals surface area contributed by atoms with E-state index in [0.717, 1.165) is 22.6 Å². The summed E-state index contributed by atoms with van der Waals surface area (Å²) in [6.07, 6.45) is 0. The Labute approximate surface area is 153 Å². The quantitative estimate of drug-likeness (QED) is 0.422. The van der Waals surface area contributed by atoms with E-state index in [2.05, 4.69) is 10.3 Å². The number of nitrogens with two attached hydrogens (primary N) is 1. The van der Waals surface area contributed by atoms with Crippen LogP contribution in [0.4, 0.5) is 5.69 Å². The molecule has 2 aromatic rings. The highest BCUT2D eigenvalue weighted by Gasteiger charge is 2.04. The molecular formula is C17H22IN3O2. The van der Waals surface area contributed by atoms with Gasteiger partial charge >= 0.3 is 0 Å². The van der Waals surface area contributed by atoms with Gasteiger partial charge in [-0.25, -0.2) is 4.99 Å². The predicted octanol–water partition coefficient (Wildman–Crippen LogP) is 3.39. The van der Waals surface area contributed by atoms with Crippen molar-refractivity contribution in [3.05, 3.63) is 59.7 Å². The zero-order chi connectivity index (χ0) is 15.8. The zero-order valence-corrected chi connectivity index (χ0v) is 15.6. The third kappa shape index (κ3) is 5.72. The SMILES string of the molecule is COCc1ccccc1NC(N)=NCc1ccccc1OC.I. The van der Waals surface area contributed by atoms with Gasteiger partial charge in [0.05, 0.1) is 20.3 Å². The molecule has 0 aliphatic heterocycles. The number of nitrogens with zero attached hydrogens (tertiary/aromatic N) is 1. The molecule has 2 aromatic carbocycles. The van der Waals surface area contributed by atoms with E-state index in [1.54, 1.807) is 14.2 Å². The maximum Gasteiger partial charge on any atom is 0.193 e. The molecule has 0 bridgehead atoms. The van der Waals surface area contributed by atoms with E-state index in [1.165, 1.54) is 0 Å². The summed E-state index contributed by atoms with van der Waals surface area (Å²) in [5.74, 6) is 1.16. The zero-order valence-electron chi connectivity index (χ0n) is 13.3. The van der Waals surface area contributed by atoms with Crippen molar-refractivity contribution in [3.8, 4) is 5.75 Å². The van der Waals surface area contributed by atoms with Crippen LogP contribution in [0.2, 0.25) is 0 Å². The van der Waals surface area contributed by atoms with Gasteiger partial charge in [-0.2, -0.15) is 0 Å². The molecule has 0 aliphatic rings. The van der Waals surface area contributed by atoms with E-state index in [1.807, 2.05) is 48.5 Å². The summed E-state index contributed by atoms with van der Waals surface area (Å²) in [7, 11) is 3.31. The van der Waals surface area contributed by atoms with Crippen LogP contribution in [0.5, 0.6) is 5.75 Å². The van der Waals surface area contributed by atoms with Crippen LogP contribution in [-0.4, -0.2) is 20.2 Å². The number of rotatable bonds is 6. The van der Waals surface area contributed by atoms with Crippen LogP contribution < -0.4 is 15.8 Å². The lowest BCUT2D eigenvalue weighted by molar-refractivity contribution is 0.185. The highest BCUT2D eigenvalue weighted by Crippen LogP contribution is 2.18. The Morgan fingerprint density at radius 2 is 1.70 bits per heavy atom. The van der Waals surface area contributed by atoms with Crippen LogP contribution in [0, 0.1) is 0 Å². The van der Waals surface area contributed by atoms with Crippen molar-refractivity contribution >= 4 is 35.6 Å². The number of nitrogens with one attached hydrogen (secondary N) is 1. The van der Waals surface area contributed by atoms with E-state index in [9.17, 15) is 0 Å². The molecule has 0 heterocycles. The lowest BCUT2D eigenvalue weighted by Gasteiger charge is -2.11. The van der Waals surface area contributed by atoms with Crippen LogP contribution in [0.25, 0.3) is 0 Å². The minimum absolute atomic E-state index is 0. The molecule has 23 heavy (non-hydrogen) atoms. The first-order valence-corrected chi connectivity index (χ1v) is 7.00. The van der Waals surface area contributed by atoms with Gasteiger partial charge in [-0.1, -0.05) is 36.4 Å². The predicted molar refractivity (Wildman–Crippen MR) is 105 cm³/mol. The summed E-state index contributed by atoms with van der Waals surface area (Å²) >= 11 is 0. The highest BCUT2D eigenvalue weighted by molar-refractivity contribution is 14.0. The fourth-order valence-electron chi connectivity index (χ4n) is 2.11. The van der Waals surface area contributed by atoms with E-state index < -0.39 is 0 Å². The smallest absolute Gasteiger partial charge is 0.193 e. The molecule has 0 fully saturated rings. The minimum atomic E-state index is 0. The lowest BCUT2D eigenvalue weighted by atomic mass is 10.2. The van der Waals surface area contributed by atoms with Gasteiger partial charge in [-0.3, -0.25) is 0 Å². The number of hydrogen-bond acceptors (Lipinski definition) is 3. The molecule has 0 radical (unpaired) electrons. The van der Waals surface area contributed by atoms with Crippen molar-refractivity contribution in [3.63, 3.8) is 0 Å². The van der Waals surface area contributed by atoms with Crippen molar-refractivity contribution in [2.75, 3.05) is 19.5 Å². The molecule has 0 unspecified atom stereocenters. The van der Waals surface area contributed by atoms with Crippen molar-refractivity contribution in [1.29, 1.82) is 0 Å². The van der Waals surface area contributed by atoms with Gasteiger partial charge in [0.25, 0.3) is 0 Å². The molecule has 5 nitrogen and oxygen atoms in total. The first kappa shape index (κ1) is 19.2. The second-order valence-electron chi connectivity index (χ2n) is 4.73. The number of ether oxygens (including phenoxy) is 2. The standard InChI is InChI=1S/C17H21N3O2.HI/c1-21-12-14-8-3-5-9-15(14)20-17(18)19-11-13-7-4-6-10-16(13)22-2;/h3-10H,11-12H2,1-2H3,(H3,18,19,20);1H. The number of aliphatic imine (C=N–C) groups is 1. The van der Waals surface area contributed by atoms with E-state index in [0.29, 0.717) is 19.1 Å². The molecule has 0 aliphatic carbocycles. The van der Waals surface area contributed by atoms with E-state index in [-0.39, 0.29) is 24.0 Å². The largest absolute Gasteiger partial charge is 0.496 e. The molecule has 3 N–H and O–H groups in total. The number of methoxy groups -OCH3 is 2. The topological polar surface area (TPSA) is 68.9 Å². The number of hydrogen-bond donors (Lipinski definition) is 2. The van der Waals surface area contributed by atoms with Gasteiger partial charge in [0.15, 0.2) is 5.96 Å². The molecule has 0 spiro atoms.